The normalized spacial score (nSPS) is 16.9. The number of halogens is 1. The standard InChI is InChI=1S/C28H32BrN5O6S/c1-3-28(9-10-28)19-40-26-25(17-30-33(27(26)35)22-6-4-5-20(2)15-22)31-11-13-32(14-12-31)41(38,39)18-21-7-8-23(29)24(16-21)34(36)37/h4-8,15-17H,3,9-14,18-19H2,1-2H3. The molecule has 1 aromatic heterocycles. The van der Waals surface area contributed by atoms with Crippen molar-refractivity contribution in [2.45, 2.75) is 38.9 Å². The van der Waals surface area contributed by atoms with Gasteiger partial charge in [-0.2, -0.15) is 14.1 Å². The Labute approximate surface area is 247 Å². The molecule has 13 heteroatoms. The molecular formula is C28H32BrN5O6S. The lowest BCUT2D eigenvalue weighted by atomic mass is 10.1. The molecule has 218 valence electrons. The molecule has 11 nitrogen and oxygen atoms in total. The summed E-state index contributed by atoms with van der Waals surface area (Å²) in [5.41, 5.74) is 2.09. The molecule has 1 saturated carbocycles. The third kappa shape index (κ3) is 6.31. The number of sulfonamides is 1. The molecule has 0 radical (unpaired) electrons. The number of nitrogens with zero attached hydrogens (tertiary/aromatic N) is 5. The molecule has 1 aliphatic carbocycles. The first-order valence-electron chi connectivity index (χ1n) is 13.5. The van der Waals surface area contributed by atoms with Gasteiger partial charge < -0.3 is 9.64 Å². The number of ether oxygens (including phenoxy) is 1. The number of nitro benzene ring substituents is 1. The van der Waals surface area contributed by atoms with Crippen LogP contribution in [0.1, 0.15) is 37.3 Å². The van der Waals surface area contributed by atoms with Crippen molar-refractivity contribution in [3.05, 3.63) is 84.7 Å². The molecule has 0 N–H and O–H groups in total. The molecule has 41 heavy (non-hydrogen) atoms. The Morgan fingerprint density at radius 3 is 2.49 bits per heavy atom. The Balaban J connectivity index is 1.36. The summed E-state index contributed by atoms with van der Waals surface area (Å²) in [5, 5.41) is 15.7. The predicted molar refractivity (Wildman–Crippen MR) is 159 cm³/mol. The maximum absolute atomic E-state index is 13.7. The van der Waals surface area contributed by atoms with Gasteiger partial charge in [0.15, 0.2) is 0 Å². The van der Waals surface area contributed by atoms with Crippen LogP contribution in [-0.2, 0) is 15.8 Å². The van der Waals surface area contributed by atoms with Gasteiger partial charge in [0, 0.05) is 37.7 Å². The molecule has 2 aromatic carbocycles. The van der Waals surface area contributed by atoms with Crippen LogP contribution in [0.5, 0.6) is 5.75 Å². The second-order valence-electron chi connectivity index (χ2n) is 10.7. The Kier molecular flexibility index (Phi) is 8.22. The number of aromatic nitrogens is 2. The van der Waals surface area contributed by atoms with E-state index >= 15 is 0 Å². The van der Waals surface area contributed by atoms with Gasteiger partial charge in [0.1, 0.15) is 5.69 Å². The lowest BCUT2D eigenvalue weighted by Crippen LogP contribution is -2.49. The summed E-state index contributed by atoms with van der Waals surface area (Å²) in [5.74, 6) is -0.123. The van der Waals surface area contributed by atoms with Gasteiger partial charge in [0.05, 0.1) is 33.6 Å². The summed E-state index contributed by atoms with van der Waals surface area (Å²) >= 11 is 3.13. The van der Waals surface area contributed by atoms with E-state index in [1.165, 1.54) is 21.1 Å². The summed E-state index contributed by atoms with van der Waals surface area (Å²) in [4.78, 5) is 26.3. The van der Waals surface area contributed by atoms with Gasteiger partial charge in [-0.25, -0.2) is 8.42 Å². The predicted octanol–water partition coefficient (Wildman–Crippen LogP) is 4.43. The summed E-state index contributed by atoms with van der Waals surface area (Å²) in [6, 6.07) is 11.9. The Morgan fingerprint density at radius 2 is 1.85 bits per heavy atom. The highest BCUT2D eigenvalue weighted by atomic mass is 79.9. The Hall–Kier alpha value is -3.29. The van der Waals surface area contributed by atoms with Crippen molar-refractivity contribution in [3.8, 4) is 11.4 Å². The third-order valence-corrected chi connectivity index (χ3v) is 10.4. The van der Waals surface area contributed by atoms with Crippen molar-refractivity contribution < 1.29 is 18.1 Å². The SMILES string of the molecule is CCC1(COc2c(N3CCN(S(=O)(=O)Cc4ccc(Br)c([N+](=O)[O-])c4)CC3)cnn(-c3cccc(C)c3)c2=O)CC1. The van der Waals surface area contributed by atoms with Gasteiger partial charge in [-0.05, 0) is 71.4 Å². The van der Waals surface area contributed by atoms with E-state index in [1.54, 1.807) is 12.3 Å². The quantitative estimate of drug-likeness (QED) is 0.234. The van der Waals surface area contributed by atoms with Crippen LogP contribution in [-0.4, -0.2) is 60.2 Å². The monoisotopic (exact) mass is 645 g/mol. The summed E-state index contributed by atoms with van der Waals surface area (Å²) in [6.07, 6.45) is 4.72. The highest BCUT2D eigenvalue weighted by Crippen LogP contribution is 2.49. The molecular weight excluding hydrogens is 614 g/mol. The van der Waals surface area contributed by atoms with Gasteiger partial charge in [0.25, 0.3) is 5.69 Å². The first kappa shape index (κ1) is 29.2. The van der Waals surface area contributed by atoms with Crippen molar-refractivity contribution in [2.75, 3.05) is 37.7 Å². The topological polar surface area (TPSA) is 128 Å². The molecule has 2 aliphatic rings. The van der Waals surface area contributed by atoms with E-state index in [0.29, 0.717) is 41.1 Å². The fourth-order valence-electron chi connectivity index (χ4n) is 5.03. The van der Waals surface area contributed by atoms with Gasteiger partial charge in [-0.15, -0.1) is 0 Å². The Morgan fingerprint density at radius 1 is 1.12 bits per heavy atom. The van der Waals surface area contributed by atoms with E-state index < -0.39 is 14.9 Å². The van der Waals surface area contributed by atoms with Crippen LogP contribution in [0.15, 0.2) is 57.9 Å². The molecule has 0 unspecified atom stereocenters. The molecule has 2 fully saturated rings. The average molecular weight is 647 g/mol. The largest absolute Gasteiger partial charge is 0.486 e. The van der Waals surface area contributed by atoms with E-state index in [4.69, 9.17) is 4.74 Å². The number of hydrogen-bond acceptors (Lipinski definition) is 8. The first-order valence-corrected chi connectivity index (χ1v) is 15.9. The lowest BCUT2D eigenvalue weighted by Gasteiger charge is -2.35. The van der Waals surface area contributed by atoms with E-state index in [9.17, 15) is 23.3 Å². The van der Waals surface area contributed by atoms with Crippen LogP contribution in [0.4, 0.5) is 11.4 Å². The lowest BCUT2D eigenvalue weighted by molar-refractivity contribution is -0.385. The van der Waals surface area contributed by atoms with E-state index in [0.717, 1.165) is 24.8 Å². The van der Waals surface area contributed by atoms with Crippen molar-refractivity contribution in [3.63, 3.8) is 0 Å². The molecule has 2 heterocycles. The maximum atomic E-state index is 13.7. The molecule has 1 saturated heterocycles. The number of aryl methyl sites for hydroxylation is 1. The zero-order valence-corrected chi connectivity index (χ0v) is 25.4. The van der Waals surface area contributed by atoms with Gasteiger partial charge in [-0.3, -0.25) is 14.9 Å². The van der Waals surface area contributed by atoms with E-state index in [2.05, 4.69) is 28.0 Å². The number of nitro groups is 1. The molecule has 0 bridgehead atoms. The number of piperazine rings is 1. The Bertz CT molecular complexity index is 1630. The van der Waals surface area contributed by atoms with Gasteiger partial charge in [-0.1, -0.05) is 25.1 Å². The van der Waals surface area contributed by atoms with E-state index in [-0.39, 0.29) is 41.3 Å². The zero-order chi connectivity index (χ0) is 29.4. The second-order valence-corrected chi connectivity index (χ2v) is 13.6. The fraction of sp³-hybridized carbons (Fsp3) is 0.429. The van der Waals surface area contributed by atoms with Crippen LogP contribution in [0.3, 0.4) is 0 Å². The summed E-state index contributed by atoms with van der Waals surface area (Å²) in [6.45, 7) is 5.58. The van der Waals surface area contributed by atoms with Crippen molar-refractivity contribution in [2.24, 2.45) is 5.41 Å². The minimum atomic E-state index is -3.73. The average Bonchev–Trinajstić information content (AvgIpc) is 3.73. The second kappa shape index (κ2) is 11.5. The molecule has 3 aromatic rings. The van der Waals surface area contributed by atoms with Crippen LogP contribution < -0.4 is 15.2 Å². The van der Waals surface area contributed by atoms with Gasteiger partial charge >= 0.3 is 5.56 Å². The van der Waals surface area contributed by atoms with Crippen LogP contribution in [0.2, 0.25) is 0 Å². The molecule has 0 atom stereocenters. The smallest absolute Gasteiger partial charge is 0.316 e. The van der Waals surface area contributed by atoms with E-state index in [1.807, 2.05) is 36.1 Å². The summed E-state index contributed by atoms with van der Waals surface area (Å²) in [7, 11) is -3.73. The molecule has 0 amide bonds. The van der Waals surface area contributed by atoms with Crippen LogP contribution in [0.25, 0.3) is 5.69 Å². The molecule has 0 spiro atoms. The summed E-state index contributed by atoms with van der Waals surface area (Å²) < 4.78 is 35.7. The van der Waals surface area contributed by atoms with Crippen molar-refractivity contribution in [1.29, 1.82) is 0 Å². The number of hydrogen-bond donors (Lipinski definition) is 0. The minimum absolute atomic E-state index is 0.0933. The fourth-order valence-corrected chi connectivity index (χ4v) is 6.93. The molecule has 5 rings (SSSR count). The highest BCUT2D eigenvalue weighted by molar-refractivity contribution is 9.10. The zero-order valence-electron chi connectivity index (χ0n) is 23.0. The number of anilines is 1. The van der Waals surface area contributed by atoms with Crippen molar-refractivity contribution in [1.82, 2.24) is 14.1 Å². The maximum Gasteiger partial charge on any atom is 0.316 e. The highest BCUT2D eigenvalue weighted by Gasteiger charge is 2.42. The van der Waals surface area contributed by atoms with Crippen LogP contribution in [0, 0.1) is 22.5 Å². The van der Waals surface area contributed by atoms with Crippen molar-refractivity contribution >= 4 is 37.3 Å². The van der Waals surface area contributed by atoms with Crippen LogP contribution >= 0.6 is 15.9 Å². The number of benzene rings is 2. The number of rotatable bonds is 10. The van der Waals surface area contributed by atoms with Gasteiger partial charge in [0.2, 0.25) is 15.8 Å². The molecule has 1 aliphatic heterocycles. The third-order valence-electron chi connectivity index (χ3n) is 7.92. The minimum Gasteiger partial charge on any atom is -0.486 e. The first-order chi connectivity index (χ1) is 19.5.